The molecule has 0 saturated carbocycles. The Bertz CT molecular complexity index is 569. The predicted molar refractivity (Wildman–Crippen MR) is 83.3 cm³/mol. The molecule has 1 aromatic carbocycles. The molecule has 1 fully saturated rings. The highest BCUT2D eigenvalue weighted by molar-refractivity contribution is 6.41. The fraction of sp³-hybridized carbons (Fsp3) is 0.438. The van der Waals surface area contributed by atoms with Gasteiger partial charge in [0.05, 0.1) is 0 Å². The van der Waals surface area contributed by atoms with Gasteiger partial charge in [0, 0.05) is 26.1 Å². The maximum atomic E-state index is 12.2. The second-order valence-corrected chi connectivity index (χ2v) is 5.44. The molecule has 2 rings (SSSR count). The Balaban J connectivity index is 1.92. The van der Waals surface area contributed by atoms with Crippen molar-refractivity contribution in [2.75, 3.05) is 13.6 Å². The molecule has 0 unspecified atom stereocenters. The molecule has 2 amide bonds. The van der Waals surface area contributed by atoms with Crippen LogP contribution in [0.25, 0.3) is 0 Å². The number of hydrogen-bond acceptors (Lipinski definition) is 4. The zero-order valence-corrected chi connectivity index (χ0v) is 13.2. The number of carbonyl (C=O) groups is 2. The smallest absolute Gasteiger partial charge is 0.434 e. The van der Waals surface area contributed by atoms with Crippen LogP contribution in [-0.4, -0.2) is 47.4 Å². The molecule has 0 bridgehead atoms. The SMILES string of the molecule is CC(C)N(C)N1CCC(=NC(=O)OCc2ccccc2)C1=O. The lowest BCUT2D eigenvalue weighted by molar-refractivity contribution is -0.138. The molecule has 1 aromatic rings. The van der Waals surface area contributed by atoms with Crippen LogP contribution < -0.4 is 0 Å². The van der Waals surface area contributed by atoms with Crippen LogP contribution in [0.5, 0.6) is 0 Å². The van der Waals surface area contributed by atoms with Crippen molar-refractivity contribution in [1.82, 2.24) is 10.0 Å². The Hall–Kier alpha value is -2.21. The molecule has 118 valence electrons. The highest BCUT2D eigenvalue weighted by atomic mass is 16.5. The van der Waals surface area contributed by atoms with Crippen molar-refractivity contribution in [3.63, 3.8) is 0 Å². The minimum atomic E-state index is -0.721. The highest BCUT2D eigenvalue weighted by Crippen LogP contribution is 2.13. The van der Waals surface area contributed by atoms with Gasteiger partial charge in [-0.05, 0) is 19.4 Å². The van der Waals surface area contributed by atoms with Gasteiger partial charge in [-0.2, -0.15) is 4.99 Å². The Labute approximate surface area is 130 Å². The quantitative estimate of drug-likeness (QED) is 0.856. The lowest BCUT2D eigenvalue weighted by Crippen LogP contribution is -2.45. The second-order valence-electron chi connectivity index (χ2n) is 5.44. The van der Waals surface area contributed by atoms with Crippen molar-refractivity contribution >= 4 is 17.7 Å². The van der Waals surface area contributed by atoms with Gasteiger partial charge in [-0.1, -0.05) is 30.3 Å². The number of hydrazine groups is 1. The van der Waals surface area contributed by atoms with Crippen LogP contribution in [0.4, 0.5) is 4.79 Å². The van der Waals surface area contributed by atoms with Crippen LogP contribution in [0.2, 0.25) is 0 Å². The molecule has 0 aromatic heterocycles. The van der Waals surface area contributed by atoms with Crippen LogP contribution in [0.1, 0.15) is 25.8 Å². The maximum absolute atomic E-state index is 12.2. The zero-order chi connectivity index (χ0) is 16.1. The normalized spacial score (nSPS) is 16.9. The third kappa shape index (κ3) is 3.92. The first kappa shape index (κ1) is 16.2. The minimum Gasteiger partial charge on any atom is -0.443 e. The monoisotopic (exact) mass is 303 g/mol. The van der Waals surface area contributed by atoms with E-state index >= 15 is 0 Å². The molecule has 0 spiro atoms. The third-order valence-corrected chi connectivity index (χ3v) is 3.60. The fourth-order valence-corrected chi connectivity index (χ4v) is 2.11. The van der Waals surface area contributed by atoms with Crippen LogP contribution in [0.15, 0.2) is 35.3 Å². The Kier molecular flexibility index (Phi) is 5.27. The third-order valence-electron chi connectivity index (χ3n) is 3.60. The van der Waals surface area contributed by atoms with Crippen molar-refractivity contribution < 1.29 is 14.3 Å². The van der Waals surface area contributed by atoms with E-state index in [9.17, 15) is 9.59 Å². The first-order chi connectivity index (χ1) is 10.5. The molecular weight excluding hydrogens is 282 g/mol. The van der Waals surface area contributed by atoms with Crippen molar-refractivity contribution in [2.45, 2.75) is 32.9 Å². The summed E-state index contributed by atoms with van der Waals surface area (Å²) in [5.74, 6) is -0.229. The number of rotatable bonds is 4. The van der Waals surface area contributed by atoms with Gasteiger partial charge >= 0.3 is 6.09 Å². The number of aliphatic imine (C=N–C) groups is 1. The average Bonchev–Trinajstić information content (AvgIpc) is 2.86. The van der Waals surface area contributed by atoms with E-state index in [2.05, 4.69) is 4.99 Å². The molecular formula is C16H21N3O3. The Morgan fingerprint density at radius 1 is 1.36 bits per heavy atom. The highest BCUT2D eigenvalue weighted by Gasteiger charge is 2.32. The summed E-state index contributed by atoms with van der Waals surface area (Å²) < 4.78 is 5.07. The van der Waals surface area contributed by atoms with Crippen molar-refractivity contribution in [3.05, 3.63) is 35.9 Å². The predicted octanol–water partition coefficient (Wildman–Crippen LogP) is 2.25. The second kappa shape index (κ2) is 7.17. The molecule has 22 heavy (non-hydrogen) atoms. The summed E-state index contributed by atoms with van der Waals surface area (Å²) in [6, 6.07) is 9.56. The molecule has 6 nitrogen and oxygen atoms in total. The van der Waals surface area contributed by atoms with E-state index in [-0.39, 0.29) is 24.3 Å². The molecule has 1 aliphatic rings. The minimum absolute atomic E-state index is 0.153. The number of benzene rings is 1. The standard InChI is InChI=1S/C16H21N3O3/c1-12(2)18(3)19-10-9-14(15(19)20)17-16(21)22-11-13-7-5-4-6-8-13/h4-8,12H,9-11H2,1-3H3. The summed E-state index contributed by atoms with van der Waals surface area (Å²) in [4.78, 5) is 27.7. The summed E-state index contributed by atoms with van der Waals surface area (Å²) in [5.41, 5.74) is 1.14. The van der Waals surface area contributed by atoms with E-state index in [1.165, 1.54) is 0 Å². The summed E-state index contributed by atoms with van der Waals surface area (Å²) in [6.07, 6.45) is -0.266. The van der Waals surface area contributed by atoms with Gasteiger partial charge in [-0.25, -0.2) is 9.80 Å². The number of amides is 2. The van der Waals surface area contributed by atoms with Gasteiger partial charge in [0.15, 0.2) is 0 Å². The number of hydrogen-bond donors (Lipinski definition) is 0. The summed E-state index contributed by atoms with van der Waals surface area (Å²) in [6.45, 7) is 4.69. The average molecular weight is 303 g/mol. The van der Waals surface area contributed by atoms with Gasteiger partial charge in [0.2, 0.25) is 0 Å². The maximum Gasteiger partial charge on any atom is 0.434 e. The topological polar surface area (TPSA) is 62.2 Å². The first-order valence-corrected chi connectivity index (χ1v) is 7.32. The summed E-state index contributed by atoms with van der Waals surface area (Å²) >= 11 is 0. The number of carbonyl (C=O) groups excluding carboxylic acids is 2. The Morgan fingerprint density at radius 3 is 2.68 bits per heavy atom. The van der Waals surface area contributed by atoms with E-state index in [0.717, 1.165) is 5.56 Å². The van der Waals surface area contributed by atoms with E-state index < -0.39 is 6.09 Å². The summed E-state index contributed by atoms with van der Waals surface area (Å²) in [5, 5.41) is 3.45. The van der Waals surface area contributed by atoms with Crippen molar-refractivity contribution in [2.24, 2.45) is 4.99 Å². The van der Waals surface area contributed by atoms with Crippen LogP contribution in [-0.2, 0) is 16.1 Å². The Morgan fingerprint density at radius 2 is 2.05 bits per heavy atom. The molecule has 1 saturated heterocycles. The first-order valence-electron chi connectivity index (χ1n) is 7.32. The molecule has 0 N–H and O–H groups in total. The molecule has 6 heteroatoms. The van der Waals surface area contributed by atoms with Gasteiger partial charge in [-0.15, -0.1) is 0 Å². The largest absolute Gasteiger partial charge is 0.443 e. The van der Waals surface area contributed by atoms with E-state index in [1.54, 1.807) is 5.01 Å². The van der Waals surface area contributed by atoms with E-state index in [0.29, 0.717) is 13.0 Å². The van der Waals surface area contributed by atoms with Crippen LogP contribution in [0.3, 0.4) is 0 Å². The molecule has 0 radical (unpaired) electrons. The lowest BCUT2D eigenvalue weighted by atomic mass is 10.2. The van der Waals surface area contributed by atoms with Gasteiger partial charge in [-0.3, -0.25) is 9.80 Å². The van der Waals surface area contributed by atoms with Gasteiger partial charge in [0.25, 0.3) is 5.91 Å². The van der Waals surface area contributed by atoms with Gasteiger partial charge in [0.1, 0.15) is 12.3 Å². The number of nitrogens with zero attached hydrogens (tertiary/aromatic N) is 3. The van der Waals surface area contributed by atoms with Gasteiger partial charge < -0.3 is 4.74 Å². The van der Waals surface area contributed by atoms with Crippen molar-refractivity contribution in [3.8, 4) is 0 Å². The van der Waals surface area contributed by atoms with E-state index in [4.69, 9.17) is 4.74 Å². The number of ether oxygens (including phenoxy) is 1. The van der Waals surface area contributed by atoms with E-state index in [1.807, 2.05) is 56.2 Å². The lowest BCUT2D eigenvalue weighted by Gasteiger charge is -2.30. The molecule has 0 atom stereocenters. The zero-order valence-electron chi connectivity index (χ0n) is 13.2. The van der Waals surface area contributed by atoms with Crippen molar-refractivity contribution in [1.29, 1.82) is 0 Å². The molecule has 1 aliphatic heterocycles. The van der Waals surface area contributed by atoms with Crippen LogP contribution in [0, 0.1) is 0 Å². The molecule has 0 aliphatic carbocycles. The molecule has 1 heterocycles. The van der Waals surface area contributed by atoms with Crippen LogP contribution >= 0.6 is 0 Å². The summed E-state index contributed by atoms with van der Waals surface area (Å²) in [7, 11) is 1.85. The fourth-order valence-electron chi connectivity index (χ4n) is 2.11.